The molecule has 0 radical (unpaired) electrons. The van der Waals surface area contributed by atoms with Gasteiger partial charge < -0.3 is 5.11 Å². The van der Waals surface area contributed by atoms with E-state index in [4.69, 9.17) is 16.7 Å². The normalized spacial score (nSPS) is 12.9. The molecule has 0 bridgehead atoms. The Hall–Kier alpha value is -0.830. The number of benzene rings is 1. The van der Waals surface area contributed by atoms with Gasteiger partial charge in [0, 0.05) is 18.6 Å². The molecule has 9 heteroatoms. The zero-order valence-electron chi connectivity index (χ0n) is 10.5. The smallest absolute Gasteiger partial charge is 0.390 e. The van der Waals surface area contributed by atoms with Crippen LogP contribution in [0.25, 0.3) is 0 Å². The van der Waals surface area contributed by atoms with Crippen molar-refractivity contribution in [2.24, 2.45) is 0 Å². The van der Waals surface area contributed by atoms with E-state index >= 15 is 0 Å². The zero-order valence-corrected chi connectivity index (χ0v) is 12.1. The number of sulfonamides is 1. The Labute approximate surface area is 119 Å². The van der Waals surface area contributed by atoms with Crippen molar-refractivity contribution in [2.45, 2.75) is 24.1 Å². The molecule has 4 nitrogen and oxygen atoms in total. The highest BCUT2D eigenvalue weighted by Crippen LogP contribution is 2.25. The Morgan fingerprint density at radius 2 is 1.95 bits per heavy atom. The molecular formula is C11H13ClF3NO3S. The number of alkyl halides is 3. The fourth-order valence-electron chi connectivity index (χ4n) is 1.40. The number of rotatable bonds is 5. The van der Waals surface area contributed by atoms with Gasteiger partial charge in [0.2, 0.25) is 10.0 Å². The van der Waals surface area contributed by atoms with Gasteiger partial charge in [-0.15, -0.1) is 0 Å². The molecule has 1 rings (SSSR count). The van der Waals surface area contributed by atoms with E-state index in [1.165, 1.54) is 12.1 Å². The summed E-state index contributed by atoms with van der Waals surface area (Å²) >= 11 is 5.77. The van der Waals surface area contributed by atoms with Gasteiger partial charge in [-0.3, -0.25) is 0 Å². The first-order chi connectivity index (χ1) is 9.08. The van der Waals surface area contributed by atoms with Crippen LogP contribution in [0.3, 0.4) is 0 Å². The Kier molecular flexibility index (Phi) is 5.42. The second-order valence-electron chi connectivity index (χ2n) is 4.10. The summed E-state index contributed by atoms with van der Waals surface area (Å²) in [5.41, 5.74) is 0.337. The third-order valence-electron chi connectivity index (χ3n) is 2.61. The summed E-state index contributed by atoms with van der Waals surface area (Å²) < 4.78 is 61.0. The summed E-state index contributed by atoms with van der Waals surface area (Å²) in [5, 5.41) is 8.97. The van der Waals surface area contributed by atoms with E-state index in [0.29, 0.717) is 9.87 Å². The second-order valence-corrected chi connectivity index (χ2v) is 6.56. The molecule has 0 aliphatic heterocycles. The molecule has 0 aliphatic carbocycles. The van der Waals surface area contributed by atoms with Crippen LogP contribution >= 0.6 is 11.6 Å². The van der Waals surface area contributed by atoms with E-state index in [1.807, 2.05) is 0 Å². The highest BCUT2D eigenvalue weighted by Gasteiger charge is 2.30. The average Bonchev–Trinajstić information content (AvgIpc) is 2.34. The fraction of sp³-hybridized carbons (Fsp3) is 0.455. The molecule has 20 heavy (non-hydrogen) atoms. The molecule has 114 valence electrons. The van der Waals surface area contributed by atoms with Crippen LogP contribution in [0.4, 0.5) is 13.2 Å². The van der Waals surface area contributed by atoms with Crippen LogP contribution in [-0.4, -0.2) is 37.6 Å². The highest BCUT2D eigenvalue weighted by molar-refractivity contribution is 7.89. The first-order valence-corrected chi connectivity index (χ1v) is 7.32. The van der Waals surface area contributed by atoms with Crippen molar-refractivity contribution in [3.05, 3.63) is 28.8 Å². The van der Waals surface area contributed by atoms with E-state index < -0.39 is 29.2 Å². The summed E-state index contributed by atoms with van der Waals surface area (Å²) in [6.07, 6.45) is -5.66. The van der Waals surface area contributed by atoms with Crippen LogP contribution in [0, 0.1) is 0 Å². The lowest BCUT2D eigenvalue weighted by atomic mass is 10.2. The third kappa shape index (κ3) is 4.34. The van der Waals surface area contributed by atoms with Crippen molar-refractivity contribution >= 4 is 21.6 Å². The molecule has 0 spiro atoms. The molecule has 0 saturated heterocycles. The molecule has 0 atom stereocenters. The lowest BCUT2D eigenvalue weighted by Gasteiger charge is -2.18. The zero-order chi connectivity index (χ0) is 15.6. The maximum absolute atomic E-state index is 12.1. The van der Waals surface area contributed by atoms with Crippen molar-refractivity contribution in [1.82, 2.24) is 4.31 Å². The highest BCUT2D eigenvalue weighted by atomic mass is 35.5. The fourth-order valence-corrected chi connectivity index (χ4v) is 2.90. The predicted octanol–water partition coefficient (Wildman–Crippen LogP) is 2.41. The van der Waals surface area contributed by atoms with Crippen molar-refractivity contribution in [2.75, 3.05) is 13.6 Å². The number of aliphatic hydroxyl groups excluding tert-OH is 1. The SMILES string of the molecule is CN(CCC(F)(F)F)S(=O)(=O)c1ccc(CO)c(Cl)c1. The molecule has 1 aromatic rings. The summed E-state index contributed by atoms with van der Waals surface area (Å²) in [6, 6.07) is 3.61. The molecular weight excluding hydrogens is 319 g/mol. The van der Waals surface area contributed by atoms with Crippen molar-refractivity contribution < 1.29 is 26.7 Å². The molecule has 0 unspecified atom stereocenters. The molecule has 0 amide bonds. The van der Waals surface area contributed by atoms with Gasteiger partial charge >= 0.3 is 6.18 Å². The first-order valence-electron chi connectivity index (χ1n) is 5.50. The number of hydrogen-bond acceptors (Lipinski definition) is 3. The topological polar surface area (TPSA) is 57.6 Å². The number of hydrogen-bond donors (Lipinski definition) is 1. The van der Waals surface area contributed by atoms with Crippen LogP contribution in [0.15, 0.2) is 23.1 Å². The minimum Gasteiger partial charge on any atom is -0.392 e. The van der Waals surface area contributed by atoms with Gasteiger partial charge in [0.15, 0.2) is 0 Å². The minimum absolute atomic E-state index is 0.0396. The molecule has 0 heterocycles. The second kappa shape index (κ2) is 6.30. The van der Waals surface area contributed by atoms with Crippen molar-refractivity contribution in [1.29, 1.82) is 0 Å². The quantitative estimate of drug-likeness (QED) is 0.901. The van der Waals surface area contributed by atoms with E-state index in [0.717, 1.165) is 13.1 Å². The Balaban J connectivity index is 2.96. The molecule has 0 fully saturated rings. The van der Waals surface area contributed by atoms with Gasteiger partial charge in [0.05, 0.1) is 17.9 Å². The van der Waals surface area contributed by atoms with Gasteiger partial charge in [0.1, 0.15) is 0 Å². The monoisotopic (exact) mass is 331 g/mol. The maximum Gasteiger partial charge on any atom is 0.390 e. The molecule has 1 aromatic carbocycles. The van der Waals surface area contributed by atoms with Gasteiger partial charge in [-0.1, -0.05) is 17.7 Å². The van der Waals surface area contributed by atoms with Crippen molar-refractivity contribution in [3.63, 3.8) is 0 Å². The lowest BCUT2D eigenvalue weighted by molar-refractivity contribution is -0.135. The summed E-state index contributed by atoms with van der Waals surface area (Å²) in [7, 11) is -2.98. The van der Waals surface area contributed by atoms with Crippen LogP contribution in [0.2, 0.25) is 5.02 Å². The minimum atomic E-state index is -4.43. The van der Waals surface area contributed by atoms with E-state index in [9.17, 15) is 21.6 Å². The van der Waals surface area contributed by atoms with Crippen LogP contribution < -0.4 is 0 Å². The van der Waals surface area contributed by atoms with Gasteiger partial charge in [-0.2, -0.15) is 13.2 Å². The number of nitrogens with zero attached hydrogens (tertiary/aromatic N) is 1. The van der Waals surface area contributed by atoms with Gasteiger partial charge in [-0.25, -0.2) is 12.7 Å². The molecule has 0 aromatic heterocycles. The third-order valence-corrected chi connectivity index (χ3v) is 4.82. The van der Waals surface area contributed by atoms with Crippen LogP contribution in [0.1, 0.15) is 12.0 Å². The first kappa shape index (κ1) is 17.2. The largest absolute Gasteiger partial charge is 0.392 e. The summed E-state index contributed by atoms with van der Waals surface area (Å²) in [6.45, 7) is -1.03. The predicted molar refractivity (Wildman–Crippen MR) is 67.9 cm³/mol. The van der Waals surface area contributed by atoms with Crippen molar-refractivity contribution in [3.8, 4) is 0 Å². The van der Waals surface area contributed by atoms with Crippen LogP contribution in [-0.2, 0) is 16.6 Å². The maximum atomic E-state index is 12.1. The Bertz CT molecular complexity index is 575. The van der Waals surface area contributed by atoms with Gasteiger partial charge in [0.25, 0.3) is 0 Å². The van der Waals surface area contributed by atoms with Gasteiger partial charge in [-0.05, 0) is 17.7 Å². The Morgan fingerprint density at radius 3 is 2.40 bits per heavy atom. The van der Waals surface area contributed by atoms with E-state index in [2.05, 4.69) is 0 Å². The summed E-state index contributed by atoms with van der Waals surface area (Å²) in [4.78, 5) is -0.218. The molecule has 1 N–H and O–H groups in total. The summed E-state index contributed by atoms with van der Waals surface area (Å²) in [5.74, 6) is 0. The Morgan fingerprint density at radius 1 is 1.35 bits per heavy atom. The number of aliphatic hydroxyl groups is 1. The molecule has 0 saturated carbocycles. The lowest BCUT2D eigenvalue weighted by Crippen LogP contribution is -2.30. The molecule has 0 aliphatic rings. The standard InChI is InChI=1S/C11H13ClF3NO3S/c1-16(5-4-11(13,14)15)20(18,19)9-3-2-8(7-17)10(12)6-9/h2-3,6,17H,4-5,7H2,1H3. The van der Waals surface area contributed by atoms with E-state index in [1.54, 1.807) is 0 Å². The number of halogens is 4. The van der Waals surface area contributed by atoms with E-state index in [-0.39, 0.29) is 16.5 Å². The average molecular weight is 332 g/mol. The van der Waals surface area contributed by atoms with Crippen LogP contribution in [0.5, 0.6) is 0 Å².